The van der Waals surface area contributed by atoms with E-state index in [4.69, 9.17) is 14.6 Å². The van der Waals surface area contributed by atoms with Crippen molar-refractivity contribution in [3.05, 3.63) is 24.3 Å². The summed E-state index contributed by atoms with van der Waals surface area (Å²) in [5.74, 6) is 0.608. The molecular weight excluding hydrogens is 270 g/mol. The van der Waals surface area contributed by atoms with Gasteiger partial charge >= 0.3 is 0 Å². The van der Waals surface area contributed by atoms with Crippen LogP contribution in [0.1, 0.15) is 6.42 Å². The van der Waals surface area contributed by atoms with Gasteiger partial charge < -0.3 is 14.6 Å². The molecule has 1 rings (SSSR count). The zero-order valence-corrected chi connectivity index (χ0v) is 11.6. The second kappa shape index (κ2) is 8.11. The van der Waals surface area contributed by atoms with E-state index in [0.717, 1.165) is 0 Å². The lowest BCUT2D eigenvalue weighted by atomic mass is 10.3. The molecule has 0 aliphatic heterocycles. The zero-order chi connectivity index (χ0) is 14.1. The van der Waals surface area contributed by atoms with Crippen LogP contribution in [0.3, 0.4) is 0 Å². The number of hydrogen-bond donors (Lipinski definition) is 2. The molecule has 0 bridgehead atoms. The van der Waals surface area contributed by atoms with Crippen molar-refractivity contribution < 1.29 is 23.0 Å². The van der Waals surface area contributed by atoms with Crippen LogP contribution < -0.4 is 9.46 Å². The maximum absolute atomic E-state index is 11.9. The molecule has 0 heterocycles. The Kier molecular flexibility index (Phi) is 6.79. The summed E-state index contributed by atoms with van der Waals surface area (Å²) in [4.78, 5) is 0.199. The molecule has 0 aliphatic rings. The SMILES string of the molecule is COc1ccc(S(=O)(=O)NCCCOCCO)cc1. The number of benzene rings is 1. The summed E-state index contributed by atoms with van der Waals surface area (Å²) < 4.78 is 36.3. The van der Waals surface area contributed by atoms with Gasteiger partial charge in [0.25, 0.3) is 0 Å². The van der Waals surface area contributed by atoms with Gasteiger partial charge in [0.15, 0.2) is 0 Å². The smallest absolute Gasteiger partial charge is 0.240 e. The summed E-state index contributed by atoms with van der Waals surface area (Å²) in [7, 11) is -1.97. The average molecular weight is 289 g/mol. The van der Waals surface area contributed by atoms with Crippen molar-refractivity contribution in [2.75, 3.05) is 33.5 Å². The first-order valence-corrected chi connectivity index (χ1v) is 7.41. The van der Waals surface area contributed by atoms with E-state index in [2.05, 4.69) is 4.72 Å². The topological polar surface area (TPSA) is 84.9 Å². The van der Waals surface area contributed by atoms with Crippen molar-refractivity contribution >= 4 is 10.0 Å². The van der Waals surface area contributed by atoms with E-state index < -0.39 is 10.0 Å². The first kappa shape index (κ1) is 15.9. The van der Waals surface area contributed by atoms with E-state index in [9.17, 15) is 8.42 Å². The van der Waals surface area contributed by atoms with Crippen LogP contribution in [0.5, 0.6) is 5.75 Å². The maximum Gasteiger partial charge on any atom is 0.240 e. The molecule has 0 amide bonds. The van der Waals surface area contributed by atoms with Crippen molar-refractivity contribution in [2.24, 2.45) is 0 Å². The van der Waals surface area contributed by atoms with E-state index in [1.165, 1.54) is 19.2 Å². The first-order valence-electron chi connectivity index (χ1n) is 5.92. The molecule has 0 unspecified atom stereocenters. The Morgan fingerprint density at radius 2 is 1.89 bits per heavy atom. The number of methoxy groups -OCH3 is 1. The summed E-state index contributed by atoms with van der Waals surface area (Å²) in [5, 5.41) is 8.50. The van der Waals surface area contributed by atoms with E-state index in [-0.39, 0.29) is 18.1 Å². The fraction of sp³-hybridized carbons (Fsp3) is 0.500. The molecule has 2 N–H and O–H groups in total. The molecule has 0 saturated carbocycles. The van der Waals surface area contributed by atoms with Gasteiger partial charge in [-0.25, -0.2) is 13.1 Å². The van der Waals surface area contributed by atoms with Crippen molar-refractivity contribution in [1.29, 1.82) is 0 Å². The Balaban J connectivity index is 2.42. The Bertz CT molecular complexity index is 458. The van der Waals surface area contributed by atoms with Gasteiger partial charge in [0, 0.05) is 13.2 Å². The molecule has 0 spiro atoms. The quantitative estimate of drug-likeness (QED) is 0.642. The van der Waals surface area contributed by atoms with Crippen LogP contribution in [0.25, 0.3) is 0 Å². The lowest BCUT2D eigenvalue weighted by Crippen LogP contribution is -2.25. The lowest BCUT2D eigenvalue weighted by molar-refractivity contribution is 0.0913. The highest BCUT2D eigenvalue weighted by Crippen LogP contribution is 2.15. The summed E-state index contributed by atoms with van der Waals surface area (Å²) in [6.45, 7) is 0.939. The first-order chi connectivity index (χ1) is 9.10. The zero-order valence-electron chi connectivity index (χ0n) is 10.8. The number of aliphatic hydroxyl groups excluding tert-OH is 1. The second-order valence-electron chi connectivity index (χ2n) is 3.76. The van der Waals surface area contributed by atoms with Crippen LogP contribution >= 0.6 is 0 Å². The molecule has 0 atom stereocenters. The highest BCUT2D eigenvalue weighted by atomic mass is 32.2. The fourth-order valence-corrected chi connectivity index (χ4v) is 2.46. The van der Waals surface area contributed by atoms with Gasteiger partial charge in [-0.3, -0.25) is 0 Å². The van der Waals surface area contributed by atoms with Crippen molar-refractivity contribution in [1.82, 2.24) is 4.72 Å². The van der Waals surface area contributed by atoms with E-state index in [0.29, 0.717) is 25.3 Å². The molecule has 0 radical (unpaired) electrons. The van der Waals surface area contributed by atoms with Gasteiger partial charge in [0.1, 0.15) is 5.75 Å². The average Bonchev–Trinajstić information content (AvgIpc) is 2.43. The highest BCUT2D eigenvalue weighted by molar-refractivity contribution is 7.89. The Morgan fingerprint density at radius 3 is 2.47 bits per heavy atom. The number of rotatable bonds is 9. The third-order valence-corrected chi connectivity index (χ3v) is 3.84. The van der Waals surface area contributed by atoms with Crippen LogP contribution in [-0.2, 0) is 14.8 Å². The van der Waals surface area contributed by atoms with Crippen LogP contribution in [0.2, 0.25) is 0 Å². The molecule has 0 aromatic heterocycles. The Morgan fingerprint density at radius 1 is 1.21 bits per heavy atom. The minimum absolute atomic E-state index is 0.0302. The summed E-state index contributed by atoms with van der Waals surface area (Å²) >= 11 is 0. The molecule has 7 heteroatoms. The van der Waals surface area contributed by atoms with Crippen molar-refractivity contribution in [3.8, 4) is 5.75 Å². The predicted octanol–water partition coefficient (Wildman–Crippen LogP) is 0.372. The molecule has 108 valence electrons. The van der Waals surface area contributed by atoms with Gasteiger partial charge in [-0.15, -0.1) is 0 Å². The third-order valence-electron chi connectivity index (χ3n) is 2.36. The second-order valence-corrected chi connectivity index (χ2v) is 5.53. The Hall–Kier alpha value is -1.15. The molecule has 0 saturated heterocycles. The predicted molar refractivity (Wildman–Crippen MR) is 70.7 cm³/mol. The Labute approximate surface area is 113 Å². The van der Waals surface area contributed by atoms with Crippen LogP contribution in [-0.4, -0.2) is 47.0 Å². The molecule has 19 heavy (non-hydrogen) atoms. The van der Waals surface area contributed by atoms with Crippen LogP contribution in [0, 0.1) is 0 Å². The van der Waals surface area contributed by atoms with Crippen LogP contribution in [0.4, 0.5) is 0 Å². The minimum Gasteiger partial charge on any atom is -0.497 e. The highest BCUT2D eigenvalue weighted by Gasteiger charge is 2.12. The largest absolute Gasteiger partial charge is 0.497 e. The molecule has 0 fully saturated rings. The van der Waals surface area contributed by atoms with Gasteiger partial charge in [0.05, 0.1) is 25.2 Å². The lowest BCUT2D eigenvalue weighted by Gasteiger charge is -2.07. The number of sulfonamides is 1. The third kappa shape index (κ3) is 5.56. The fourth-order valence-electron chi connectivity index (χ4n) is 1.39. The van der Waals surface area contributed by atoms with E-state index in [1.54, 1.807) is 12.1 Å². The summed E-state index contributed by atoms with van der Waals surface area (Å²) in [5.41, 5.74) is 0. The molecular formula is C12H19NO5S. The molecule has 1 aromatic rings. The van der Waals surface area contributed by atoms with Gasteiger partial charge in [-0.05, 0) is 30.7 Å². The standard InChI is InChI=1S/C12H19NO5S/c1-17-11-3-5-12(6-4-11)19(15,16)13-7-2-9-18-10-8-14/h3-6,13-14H,2,7-10H2,1H3. The summed E-state index contributed by atoms with van der Waals surface area (Å²) in [6.07, 6.45) is 0.551. The van der Waals surface area contributed by atoms with Gasteiger partial charge in [0.2, 0.25) is 10.0 Å². The molecule has 1 aromatic carbocycles. The molecule has 6 nitrogen and oxygen atoms in total. The minimum atomic E-state index is -3.49. The van der Waals surface area contributed by atoms with Crippen molar-refractivity contribution in [3.63, 3.8) is 0 Å². The van der Waals surface area contributed by atoms with Gasteiger partial charge in [-0.2, -0.15) is 0 Å². The number of ether oxygens (including phenoxy) is 2. The van der Waals surface area contributed by atoms with E-state index >= 15 is 0 Å². The normalized spacial score (nSPS) is 11.5. The maximum atomic E-state index is 11.9. The van der Waals surface area contributed by atoms with Gasteiger partial charge in [-0.1, -0.05) is 0 Å². The molecule has 0 aliphatic carbocycles. The monoisotopic (exact) mass is 289 g/mol. The number of hydrogen-bond acceptors (Lipinski definition) is 5. The van der Waals surface area contributed by atoms with E-state index in [1.807, 2.05) is 0 Å². The van der Waals surface area contributed by atoms with Crippen LogP contribution in [0.15, 0.2) is 29.2 Å². The number of nitrogens with one attached hydrogen (secondary N) is 1. The summed E-state index contributed by atoms with van der Waals surface area (Å²) in [6, 6.07) is 6.17. The van der Waals surface area contributed by atoms with Crippen molar-refractivity contribution in [2.45, 2.75) is 11.3 Å². The number of aliphatic hydroxyl groups is 1.